The molecule has 0 radical (unpaired) electrons. The molecule has 0 spiro atoms. The number of anilines is 1. The van der Waals surface area contributed by atoms with Crippen molar-refractivity contribution >= 4 is 58.5 Å². The van der Waals surface area contributed by atoms with Gasteiger partial charge in [0, 0.05) is 25.2 Å². The minimum Gasteiger partial charge on any atom is -0.479 e. The number of hydrogen-bond donors (Lipinski definition) is 2. The summed E-state index contributed by atoms with van der Waals surface area (Å²) in [5.41, 5.74) is -0.603. The minimum absolute atomic E-state index is 0.0246. The quantitative estimate of drug-likeness (QED) is 0.177. The molecular formula is C32H30Cl3F3N4O8. The maximum Gasteiger partial charge on any atom is 0.442 e. The lowest BCUT2D eigenvalue weighted by Gasteiger charge is -2.13. The van der Waals surface area contributed by atoms with Gasteiger partial charge in [0.25, 0.3) is 0 Å². The number of amides is 2. The Bertz CT molecular complexity index is 1960. The van der Waals surface area contributed by atoms with E-state index in [9.17, 15) is 32.3 Å². The predicted molar refractivity (Wildman–Crippen MR) is 179 cm³/mol. The maximum absolute atomic E-state index is 12.7. The van der Waals surface area contributed by atoms with Crippen molar-refractivity contribution in [1.82, 2.24) is 14.7 Å². The molecule has 0 aliphatic carbocycles. The van der Waals surface area contributed by atoms with Gasteiger partial charge in [0.15, 0.2) is 6.10 Å². The Morgan fingerprint density at radius 3 is 2.14 bits per heavy atom. The summed E-state index contributed by atoms with van der Waals surface area (Å²) in [6.07, 6.45) is -5.96. The summed E-state index contributed by atoms with van der Waals surface area (Å²) in [6, 6.07) is 10.8. The number of carbonyl (C=O) groups is 3. The number of alkyl halides is 3. The smallest absolute Gasteiger partial charge is 0.442 e. The van der Waals surface area contributed by atoms with Crippen LogP contribution < -0.4 is 15.8 Å². The van der Waals surface area contributed by atoms with Gasteiger partial charge < -0.3 is 29.2 Å². The number of aromatic nitrogens is 2. The Kier molecular flexibility index (Phi) is 12.6. The highest BCUT2D eigenvalue weighted by Gasteiger charge is 2.31. The fourth-order valence-electron chi connectivity index (χ4n) is 3.61. The predicted octanol–water partition coefficient (Wildman–Crippen LogP) is 8.30. The van der Waals surface area contributed by atoms with Crippen molar-refractivity contribution in [3.8, 4) is 17.2 Å². The largest absolute Gasteiger partial charge is 0.479 e. The summed E-state index contributed by atoms with van der Waals surface area (Å²) in [6.45, 7) is 6.84. The van der Waals surface area contributed by atoms with Crippen molar-refractivity contribution in [2.24, 2.45) is 0 Å². The maximum atomic E-state index is 12.7. The van der Waals surface area contributed by atoms with Crippen molar-refractivity contribution in [2.75, 3.05) is 19.4 Å². The van der Waals surface area contributed by atoms with Gasteiger partial charge in [0.2, 0.25) is 5.89 Å². The van der Waals surface area contributed by atoms with Gasteiger partial charge in [0.1, 0.15) is 11.5 Å². The molecule has 0 aliphatic heterocycles. The van der Waals surface area contributed by atoms with Crippen LogP contribution in [0.15, 0.2) is 63.8 Å². The molecule has 0 fully saturated rings. The number of carbonyl (C=O) groups excluding carboxylic acids is 2. The van der Waals surface area contributed by atoms with E-state index >= 15 is 0 Å². The van der Waals surface area contributed by atoms with Gasteiger partial charge in [-0.1, -0.05) is 55.6 Å². The molecule has 0 aliphatic rings. The van der Waals surface area contributed by atoms with Gasteiger partial charge in [-0.05, 0) is 61.5 Å². The number of nitrogens with zero attached hydrogens (tertiary/aromatic N) is 3. The standard InChI is InChI=1S/C17H11Cl2F3O5.C15H19ClN4O3/c1-8(15(23)24)26-16(25)11-7-10(3-4-12(11)18)27-14-5-2-9(6-13(14)19)17(20,21)22;1-15(2,3)12-18-20(14(22)23-12)11-7-6-9(8-10(11)16)17-13(21)19(4)5/h2-8H,1H3,(H,23,24);6-8H,1-5H3,(H,17,21)/t8-;/m0./s1. The second kappa shape index (κ2) is 15.9. The van der Waals surface area contributed by atoms with Gasteiger partial charge in [0.05, 0.1) is 31.9 Å². The molecule has 50 heavy (non-hydrogen) atoms. The first kappa shape index (κ1) is 39.7. The second-order valence-corrected chi connectivity index (χ2v) is 12.8. The molecule has 2 N–H and O–H groups in total. The molecule has 0 unspecified atom stereocenters. The third kappa shape index (κ3) is 10.4. The zero-order chi connectivity index (χ0) is 37.7. The first-order valence-corrected chi connectivity index (χ1v) is 15.4. The summed E-state index contributed by atoms with van der Waals surface area (Å²) in [5, 5.41) is 15.6. The number of hydrogen-bond acceptors (Lipinski definition) is 8. The van der Waals surface area contributed by atoms with Crippen LogP contribution in [0.3, 0.4) is 0 Å². The number of benzene rings is 3. The normalized spacial score (nSPS) is 11.9. The van der Waals surface area contributed by atoms with Crippen molar-refractivity contribution in [1.29, 1.82) is 0 Å². The Hall–Kier alpha value is -4.73. The first-order chi connectivity index (χ1) is 23.1. The summed E-state index contributed by atoms with van der Waals surface area (Å²) in [5.74, 6) is -2.67. The molecule has 1 aromatic heterocycles. The van der Waals surface area contributed by atoms with E-state index in [-0.39, 0.29) is 38.2 Å². The van der Waals surface area contributed by atoms with Gasteiger partial charge in [-0.3, -0.25) is 0 Å². The van der Waals surface area contributed by atoms with E-state index in [2.05, 4.69) is 10.4 Å². The van der Waals surface area contributed by atoms with E-state index in [1.165, 1.54) is 17.0 Å². The van der Waals surface area contributed by atoms with E-state index in [1.807, 2.05) is 20.8 Å². The van der Waals surface area contributed by atoms with E-state index in [0.29, 0.717) is 23.3 Å². The van der Waals surface area contributed by atoms with Crippen LogP contribution >= 0.6 is 34.8 Å². The zero-order valence-electron chi connectivity index (χ0n) is 27.2. The van der Waals surface area contributed by atoms with Crippen LogP contribution in [0, 0.1) is 0 Å². The number of esters is 1. The average molecular weight is 762 g/mol. The van der Waals surface area contributed by atoms with Crippen molar-refractivity contribution in [3.63, 3.8) is 0 Å². The van der Waals surface area contributed by atoms with Crippen LogP contribution in [0.5, 0.6) is 11.5 Å². The number of halogens is 6. The molecule has 18 heteroatoms. The van der Waals surface area contributed by atoms with Gasteiger partial charge in [-0.2, -0.15) is 17.9 Å². The Balaban J connectivity index is 0.000000274. The lowest BCUT2D eigenvalue weighted by Crippen LogP contribution is -2.27. The molecule has 3 aromatic carbocycles. The van der Waals surface area contributed by atoms with Crippen LogP contribution in [0.2, 0.25) is 15.1 Å². The highest BCUT2D eigenvalue weighted by atomic mass is 35.5. The van der Waals surface area contributed by atoms with Crippen molar-refractivity contribution < 1.29 is 46.6 Å². The topological polar surface area (TPSA) is 153 Å². The van der Waals surface area contributed by atoms with Gasteiger partial charge >= 0.3 is 29.9 Å². The average Bonchev–Trinajstić information content (AvgIpc) is 3.40. The SMILES string of the molecule is CN(C)C(=O)Nc1ccc(-n2nc(C(C)(C)C)oc2=O)c(Cl)c1.C[C@H](OC(=O)c1cc(Oc2ccc(C(F)(F)F)cc2Cl)ccc1Cl)C(=O)O. The first-order valence-electron chi connectivity index (χ1n) is 14.2. The molecule has 2 amide bonds. The molecule has 0 saturated heterocycles. The highest BCUT2D eigenvalue weighted by Crippen LogP contribution is 2.37. The van der Waals surface area contributed by atoms with Crippen molar-refractivity contribution in [3.05, 3.63) is 97.2 Å². The Morgan fingerprint density at radius 1 is 0.960 bits per heavy atom. The van der Waals surface area contributed by atoms with E-state index < -0.39 is 41.0 Å². The number of ether oxygens (including phenoxy) is 2. The molecule has 0 saturated carbocycles. The number of aliphatic carboxylic acids is 1. The minimum atomic E-state index is -4.56. The lowest BCUT2D eigenvalue weighted by atomic mass is 9.97. The second-order valence-electron chi connectivity index (χ2n) is 11.6. The fourth-order valence-corrected chi connectivity index (χ4v) is 4.29. The molecular weight excluding hydrogens is 732 g/mol. The lowest BCUT2D eigenvalue weighted by molar-refractivity contribution is -0.146. The summed E-state index contributed by atoms with van der Waals surface area (Å²) >= 11 is 17.9. The van der Waals surface area contributed by atoms with Gasteiger partial charge in [-0.25, -0.2) is 19.2 Å². The number of rotatable bonds is 7. The van der Waals surface area contributed by atoms with Gasteiger partial charge in [-0.15, -0.1) is 5.10 Å². The van der Waals surface area contributed by atoms with E-state index in [1.54, 1.807) is 32.3 Å². The van der Waals surface area contributed by atoms with Crippen molar-refractivity contribution in [2.45, 2.75) is 45.4 Å². The molecule has 1 heterocycles. The fraction of sp³-hybridized carbons (Fsp3) is 0.281. The molecule has 12 nitrogen and oxygen atoms in total. The number of urea groups is 1. The summed E-state index contributed by atoms with van der Waals surface area (Å²) in [4.78, 5) is 47.8. The summed E-state index contributed by atoms with van der Waals surface area (Å²) < 4.78 is 54.4. The van der Waals surface area contributed by atoms with Crippen LogP contribution in [0.25, 0.3) is 5.69 Å². The van der Waals surface area contributed by atoms with E-state index in [0.717, 1.165) is 29.8 Å². The number of nitrogens with one attached hydrogen (secondary N) is 1. The molecule has 1 atom stereocenters. The molecule has 4 aromatic rings. The Labute approximate surface area is 298 Å². The molecule has 4 rings (SSSR count). The van der Waals surface area contributed by atoms with Crippen LogP contribution in [0.4, 0.5) is 23.7 Å². The Morgan fingerprint density at radius 2 is 1.62 bits per heavy atom. The number of carboxylic acids is 1. The highest BCUT2D eigenvalue weighted by molar-refractivity contribution is 6.34. The van der Waals surface area contributed by atoms with Crippen LogP contribution in [-0.2, 0) is 21.1 Å². The summed E-state index contributed by atoms with van der Waals surface area (Å²) in [7, 11) is 3.27. The van der Waals surface area contributed by atoms with E-state index in [4.69, 9.17) is 53.8 Å². The monoisotopic (exact) mass is 760 g/mol. The molecule has 0 bridgehead atoms. The molecule has 268 valence electrons. The third-order valence-electron chi connectivity index (χ3n) is 6.30. The third-order valence-corrected chi connectivity index (χ3v) is 7.23. The van der Waals surface area contributed by atoms with Crippen LogP contribution in [-0.4, -0.2) is 58.0 Å². The van der Waals surface area contributed by atoms with Crippen LogP contribution in [0.1, 0.15) is 49.5 Å². The number of carboxylic acid groups (broad SMARTS) is 1. The zero-order valence-corrected chi connectivity index (χ0v) is 29.5.